The highest BCUT2D eigenvalue weighted by Gasteiger charge is 2.36. The Labute approximate surface area is 130 Å². The molecular weight excluding hydrogens is 308 g/mol. The van der Waals surface area contributed by atoms with E-state index in [1.807, 2.05) is 0 Å². The van der Waals surface area contributed by atoms with Gasteiger partial charge in [0.05, 0.1) is 33.2 Å². The molecule has 1 heterocycles. The smallest absolute Gasteiger partial charge is 0.270 e. The second kappa shape index (κ2) is 5.23. The van der Waals surface area contributed by atoms with Crippen molar-refractivity contribution in [1.82, 2.24) is 4.90 Å². The second-order valence-electron chi connectivity index (χ2n) is 4.74. The van der Waals surface area contributed by atoms with Crippen molar-refractivity contribution in [1.29, 1.82) is 0 Å². The van der Waals surface area contributed by atoms with Crippen LogP contribution in [-0.2, 0) is 6.54 Å². The molecule has 110 valence electrons. The molecule has 0 unspecified atom stereocenters. The molecule has 0 fully saturated rings. The fraction of sp³-hybridized carbons (Fsp3) is 0.0667. The van der Waals surface area contributed by atoms with E-state index in [1.54, 1.807) is 24.3 Å². The molecule has 0 saturated carbocycles. The van der Waals surface area contributed by atoms with E-state index in [0.29, 0.717) is 11.1 Å². The van der Waals surface area contributed by atoms with Crippen LogP contribution in [0.25, 0.3) is 0 Å². The van der Waals surface area contributed by atoms with E-state index in [0.717, 1.165) is 4.90 Å². The summed E-state index contributed by atoms with van der Waals surface area (Å²) in [5.41, 5.74) is 0.511. The van der Waals surface area contributed by atoms with E-state index in [4.69, 9.17) is 11.6 Å². The summed E-state index contributed by atoms with van der Waals surface area (Å²) in [4.78, 5) is 36.1. The number of nitrogens with zero attached hydrogens (tertiary/aromatic N) is 2. The molecule has 1 aliphatic rings. The van der Waals surface area contributed by atoms with Gasteiger partial charge in [0.25, 0.3) is 17.5 Å². The number of carbonyl (C=O) groups excluding carboxylic acids is 2. The predicted octanol–water partition coefficient (Wildman–Crippen LogP) is 3.04. The van der Waals surface area contributed by atoms with Crippen LogP contribution in [0.15, 0.2) is 42.5 Å². The standard InChI is InChI=1S/C15H9ClN2O4/c16-12-6-3-7-13(18(21)22)11(12)8-17-14(19)9-4-1-2-5-10(9)15(17)20/h1-7H,8H2. The van der Waals surface area contributed by atoms with E-state index < -0.39 is 16.7 Å². The molecule has 0 N–H and O–H groups in total. The summed E-state index contributed by atoms with van der Waals surface area (Å²) in [7, 11) is 0. The number of carbonyl (C=O) groups is 2. The highest BCUT2D eigenvalue weighted by Crippen LogP contribution is 2.31. The first-order chi connectivity index (χ1) is 10.5. The van der Waals surface area contributed by atoms with Crippen LogP contribution in [0.5, 0.6) is 0 Å². The van der Waals surface area contributed by atoms with Crippen LogP contribution in [0.4, 0.5) is 5.69 Å². The Morgan fingerprint density at radius 3 is 2.14 bits per heavy atom. The average Bonchev–Trinajstić information content (AvgIpc) is 2.74. The van der Waals surface area contributed by atoms with Gasteiger partial charge in [-0.05, 0) is 18.2 Å². The number of halogens is 1. The summed E-state index contributed by atoms with van der Waals surface area (Å²) in [6.07, 6.45) is 0. The number of benzene rings is 2. The molecule has 6 nitrogen and oxygen atoms in total. The first-order valence-corrected chi connectivity index (χ1v) is 6.75. The summed E-state index contributed by atoms with van der Waals surface area (Å²) < 4.78 is 0. The summed E-state index contributed by atoms with van der Waals surface area (Å²) in [5, 5.41) is 11.2. The normalized spacial score (nSPS) is 13.4. The van der Waals surface area contributed by atoms with Crippen LogP contribution in [0.1, 0.15) is 26.3 Å². The Kier molecular flexibility index (Phi) is 3.38. The van der Waals surface area contributed by atoms with E-state index in [9.17, 15) is 19.7 Å². The highest BCUT2D eigenvalue weighted by molar-refractivity contribution is 6.31. The molecule has 0 spiro atoms. The van der Waals surface area contributed by atoms with Crippen molar-refractivity contribution in [2.45, 2.75) is 6.54 Å². The highest BCUT2D eigenvalue weighted by atomic mass is 35.5. The maximum Gasteiger partial charge on any atom is 0.275 e. The molecule has 0 aliphatic carbocycles. The van der Waals surface area contributed by atoms with E-state index >= 15 is 0 Å². The minimum Gasteiger partial charge on any atom is -0.270 e. The third-order valence-electron chi connectivity index (χ3n) is 3.49. The predicted molar refractivity (Wildman–Crippen MR) is 78.8 cm³/mol. The molecule has 0 aromatic heterocycles. The zero-order valence-electron chi connectivity index (χ0n) is 11.2. The van der Waals surface area contributed by atoms with Gasteiger partial charge in [-0.25, -0.2) is 0 Å². The van der Waals surface area contributed by atoms with Crippen molar-refractivity contribution in [2.75, 3.05) is 0 Å². The van der Waals surface area contributed by atoms with Crippen molar-refractivity contribution in [2.24, 2.45) is 0 Å². The summed E-state index contributed by atoms with van der Waals surface area (Å²) in [6, 6.07) is 10.7. The maximum atomic E-state index is 12.3. The third kappa shape index (κ3) is 2.14. The van der Waals surface area contributed by atoms with Crippen molar-refractivity contribution < 1.29 is 14.5 Å². The zero-order chi connectivity index (χ0) is 15.9. The van der Waals surface area contributed by atoms with Crippen LogP contribution >= 0.6 is 11.6 Å². The number of amides is 2. The van der Waals surface area contributed by atoms with Gasteiger partial charge < -0.3 is 0 Å². The van der Waals surface area contributed by atoms with Gasteiger partial charge in [0.15, 0.2) is 0 Å². The summed E-state index contributed by atoms with van der Waals surface area (Å²) in [5.74, 6) is -0.954. The van der Waals surface area contributed by atoms with Crippen molar-refractivity contribution in [3.05, 3.63) is 74.3 Å². The minimum absolute atomic E-state index is 0.142. The lowest BCUT2D eigenvalue weighted by Gasteiger charge is -2.14. The van der Waals surface area contributed by atoms with Gasteiger partial charge in [-0.15, -0.1) is 0 Å². The molecule has 0 saturated heterocycles. The number of hydrogen-bond acceptors (Lipinski definition) is 4. The van der Waals surface area contributed by atoms with Crippen LogP contribution < -0.4 is 0 Å². The third-order valence-corrected chi connectivity index (χ3v) is 3.84. The Morgan fingerprint density at radius 2 is 1.59 bits per heavy atom. The van der Waals surface area contributed by atoms with Crippen LogP contribution in [0, 0.1) is 10.1 Å². The molecular formula is C15H9ClN2O4. The summed E-state index contributed by atoms with van der Waals surface area (Å²) in [6.45, 7) is -0.234. The fourth-order valence-electron chi connectivity index (χ4n) is 2.42. The molecule has 2 aromatic carbocycles. The van der Waals surface area contributed by atoms with Crippen molar-refractivity contribution in [3.8, 4) is 0 Å². The van der Waals surface area contributed by atoms with E-state index in [2.05, 4.69) is 0 Å². The largest absolute Gasteiger partial charge is 0.275 e. The number of rotatable bonds is 3. The lowest BCUT2D eigenvalue weighted by atomic mass is 10.1. The van der Waals surface area contributed by atoms with Gasteiger partial charge in [0.2, 0.25) is 0 Å². The Morgan fingerprint density at radius 1 is 1.00 bits per heavy atom. The van der Waals surface area contributed by atoms with E-state index in [1.165, 1.54) is 18.2 Å². The monoisotopic (exact) mass is 316 g/mol. The number of fused-ring (bicyclic) bond motifs is 1. The molecule has 22 heavy (non-hydrogen) atoms. The SMILES string of the molecule is O=C1c2ccccc2C(=O)N1Cc1c(Cl)cccc1[N+](=O)[O-]. The molecule has 1 aliphatic heterocycles. The number of nitro groups is 1. The fourth-order valence-corrected chi connectivity index (χ4v) is 2.65. The molecule has 0 bridgehead atoms. The van der Waals surface area contributed by atoms with Gasteiger partial charge in [0.1, 0.15) is 0 Å². The quantitative estimate of drug-likeness (QED) is 0.495. The Hall–Kier alpha value is -2.73. The van der Waals surface area contributed by atoms with Gasteiger partial charge in [-0.2, -0.15) is 0 Å². The molecule has 0 atom stereocenters. The van der Waals surface area contributed by atoms with Gasteiger partial charge in [-0.1, -0.05) is 29.8 Å². The lowest BCUT2D eigenvalue weighted by Crippen LogP contribution is -2.29. The van der Waals surface area contributed by atoms with E-state index in [-0.39, 0.29) is 22.8 Å². The van der Waals surface area contributed by atoms with Crippen LogP contribution in [0.2, 0.25) is 5.02 Å². The number of nitro benzene ring substituents is 1. The Bertz CT molecular complexity index is 784. The zero-order valence-corrected chi connectivity index (χ0v) is 11.9. The topological polar surface area (TPSA) is 80.5 Å². The number of hydrogen-bond donors (Lipinski definition) is 0. The minimum atomic E-state index is -0.584. The molecule has 2 aromatic rings. The molecule has 3 rings (SSSR count). The lowest BCUT2D eigenvalue weighted by molar-refractivity contribution is -0.385. The van der Waals surface area contributed by atoms with Gasteiger partial charge >= 0.3 is 0 Å². The molecule has 0 radical (unpaired) electrons. The second-order valence-corrected chi connectivity index (χ2v) is 5.14. The maximum absolute atomic E-state index is 12.3. The molecule has 2 amide bonds. The first-order valence-electron chi connectivity index (χ1n) is 6.37. The van der Waals surface area contributed by atoms with Crippen molar-refractivity contribution in [3.63, 3.8) is 0 Å². The Balaban J connectivity index is 2.01. The van der Waals surface area contributed by atoms with Crippen LogP contribution in [-0.4, -0.2) is 21.6 Å². The van der Waals surface area contributed by atoms with Crippen molar-refractivity contribution >= 4 is 29.1 Å². The average molecular weight is 317 g/mol. The first kappa shape index (κ1) is 14.2. The van der Waals surface area contributed by atoms with Crippen LogP contribution in [0.3, 0.4) is 0 Å². The van der Waals surface area contributed by atoms with Gasteiger partial charge in [-0.3, -0.25) is 24.6 Å². The van der Waals surface area contributed by atoms with Gasteiger partial charge in [0, 0.05) is 6.07 Å². The molecule has 7 heteroatoms. The number of imide groups is 1. The summed E-state index contributed by atoms with van der Waals surface area (Å²) >= 11 is 6.00.